The molecule has 0 bridgehead atoms. The lowest BCUT2D eigenvalue weighted by molar-refractivity contribution is -0.121. The third-order valence-electron chi connectivity index (χ3n) is 5.38. The molecule has 4 aromatic rings. The van der Waals surface area contributed by atoms with E-state index in [1.165, 1.54) is 3.97 Å². The number of rotatable bonds is 10. The number of para-hydroxylation sites is 1. The molecule has 2 heterocycles. The van der Waals surface area contributed by atoms with Crippen LogP contribution < -0.4 is 5.32 Å². The molecule has 2 aromatic heterocycles. The summed E-state index contributed by atoms with van der Waals surface area (Å²) in [5.41, 5.74) is 1.57. The summed E-state index contributed by atoms with van der Waals surface area (Å²) in [5, 5.41) is 3.84. The maximum Gasteiger partial charge on any atom is 0.268 e. The van der Waals surface area contributed by atoms with Crippen LogP contribution in [0.1, 0.15) is 24.8 Å². The normalized spacial score (nSPS) is 11.6. The Hall–Kier alpha value is -3.39. The smallest absolute Gasteiger partial charge is 0.268 e. The summed E-state index contributed by atoms with van der Waals surface area (Å²) >= 11 is 0. The van der Waals surface area contributed by atoms with Gasteiger partial charge in [0, 0.05) is 43.5 Å². The van der Waals surface area contributed by atoms with Crippen LogP contribution in [0.2, 0.25) is 0 Å². The molecule has 166 valence electrons. The molecule has 8 heteroatoms. The Kier molecular flexibility index (Phi) is 6.70. The number of amides is 1. The zero-order chi connectivity index (χ0) is 22.4. The monoisotopic (exact) mass is 450 g/mol. The van der Waals surface area contributed by atoms with Gasteiger partial charge < -0.3 is 9.88 Å². The van der Waals surface area contributed by atoms with Gasteiger partial charge in [-0.1, -0.05) is 36.4 Å². The van der Waals surface area contributed by atoms with E-state index >= 15 is 0 Å². The maximum atomic E-state index is 13.2. The van der Waals surface area contributed by atoms with E-state index in [9.17, 15) is 13.2 Å². The summed E-state index contributed by atoms with van der Waals surface area (Å²) in [6.45, 7) is 1.43. The quantitative estimate of drug-likeness (QED) is 0.374. The van der Waals surface area contributed by atoms with Crippen molar-refractivity contribution in [2.75, 3.05) is 6.54 Å². The lowest BCUT2D eigenvalue weighted by Gasteiger charge is -2.07. The molecule has 0 atom stereocenters. The number of carbonyl (C=O) groups excluding carboxylic acids is 1. The van der Waals surface area contributed by atoms with Crippen molar-refractivity contribution in [3.63, 3.8) is 0 Å². The molecule has 0 saturated heterocycles. The van der Waals surface area contributed by atoms with Crippen LogP contribution in [0.4, 0.5) is 0 Å². The van der Waals surface area contributed by atoms with Gasteiger partial charge in [-0.15, -0.1) is 0 Å². The molecule has 1 N–H and O–H groups in total. The standard InChI is InChI=1S/C24H26N4O3S/c29-24(26-14-7-16-27-17-15-25-19-27)13-6-8-20-18-28(23-12-5-4-11-22(20)23)32(30,31)21-9-2-1-3-10-21/h1-5,9-12,15,17-19H,6-8,13-14,16H2,(H,26,29). The van der Waals surface area contributed by atoms with Gasteiger partial charge in [0.05, 0.1) is 16.7 Å². The molecule has 0 unspecified atom stereocenters. The molecule has 0 aliphatic carbocycles. The Bertz CT molecular complexity index is 1280. The average Bonchev–Trinajstić information content (AvgIpc) is 3.46. The molecular formula is C24H26N4O3S. The van der Waals surface area contributed by atoms with Crippen LogP contribution in [0.3, 0.4) is 0 Å². The highest BCUT2D eigenvalue weighted by Gasteiger charge is 2.20. The minimum atomic E-state index is -3.69. The topological polar surface area (TPSA) is 86.0 Å². The summed E-state index contributed by atoms with van der Waals surface area (Å²) in [5.74, 6) is 0.0104. The van der Waals surface area contributed by atoms with Crippen LogP contribution >= 0.6 is 0 Å². The second-order valence-electron chi connectivity index (χ2n) is 7.64. The minimum absolute atomic E-state index is 0.0104. The SMILES string of the molecule is O=C(CCCc1cn(S(=O)(=O)c2ccccc2)c2ccccc12)NCCCn1ccnc1. The van der Waals surface area contributed by atoms with Crippen LogP contribution in [0.5, 0.6) is 0 Å². The lowest BCUT2D eigenvalue weighted by atomic mass is 10.1. The minimum Gasteiger partial charge on any atom is -0.356 e. The fourth-order valence-corrected chi connectivity index (χ4v) is 5.17. The summed E-state index contributed by atoms with van der Waals surface area (Å²) in [6, 6.07) is 15.9. The number of imidazole rings is 1. The third-order valence-corrected chi connectivity index (χ3v) is 7.07. The molecule has 4 rings (SSSR count). The van der Waals surface area contributed by atoms with Crippen LogP contribution in [0.15, 0.2) is 84.4 Å². The molecule has 1 amide bonds. The van der Waals surface area contributed by atoms with E-state index in [1.54, 1.807) is 49.1 Å². The number of hydrogen-bond donors (Lipinski definition) is 1. The van der Waals surface area contributed by atoms with Gasteiger partial charge >= 0.3 is 0 Å². The second kappa shape index (κ2) is 9.82. The average molecular weight is 451 g/mol. The summed E-state index contributed by atoms with van der Waals surface area (Å²) in [4.78, 5) is 16.4. The molecule has 0 spiro atoms. The molecule has 0 aliphatic rings. The fourth-order valence-electron chi connectivity index (χ4n) is 3.76. The summed E-state index contributed by atoms with van der Waals surface area (Å²) < 4.78 is 29.7. The Morgan fingerprint density at radius 1 is 1.00 bits per heavy atom. The highest BCUT2D eigenvalue weighted by Crippen LogP contribution is 2.27. The van der Waals surface area contributed by atoms with Gasteiger partial charge in [0.2, 0.25) is 5.91 Å². The fraction of sp³-hybridized carbons (Fsp3) is 0.250. The first-order chi connectivity index (χ1) is 15.6. The van der Waals surface area contributed by atoms with E-state index in [0.717, 1.165) is 23.9 Å². The van der Waals surface area contributed by atoms with E-state index in [-0.39, 0.29) is 10.8 Å². The molecule has 0 aliphatic heterocycles. The van der Waals surface area contributed by atoms with Gasteiger partial charge in [-0.25, -0.2) is 17.4 Å². The van der Waals surface area contributed by atoms with Crippen molar-refractivity contribution in [1.82, 2.24) is 18.8 Å². The largest absolute Gasteiger partial charge is 0.356 e. The van der Waals surface area contributed by atoms with E-state index in [2.05, 4.69) is 10.3 Å². The highest BCUT2D eigenvalue weighted by atomic mass is 32.2. The van der Waals surface area contributed by atoms with Crippen LogP contribution in [-0.4, -0.2) is 34.4 Å². The number of benzene rings is 2. The van der Waals surface area contributed by atoms with Crippen molar-refractivity contribution in [3.8, 4) is 0 Å². The Morgan fingerprint density at radius 3 is 2.56 bits per heavy atom. The van der Waals surface area contributed by atoms with Crippen LogP contribution in [0, 0.1) is 0 Å². The Labute approximate surface area is 187 Å². The van der Waals surface area contributed by atoms with Crippen molar-refractivity contribution < 1.29 is 13.2 Å². The Balaban J connectivity index is 1.38. The predicted molar refractivity (Wildman–Crippen MR) is 124 cm³/mol. The molecule has 32 heavy (non-hydrogen) atoms. The van der Waals surface area contributed by atoms with Crippen molar-refractivity contribution >= 4 is 26.8 Å². The van der Waals surface area contributed by atoms with Crippen LogP contribution in [-0.2, 0) is 27.8 Å². The first-order valence-corrected chi connectivity index (χ1v) is 12.1. The lowest BCUT2D eigenvalue weighted by Crippen LogP contribution is -2.24. The van der Waals surface area contributed by atoms with Crippen molar-refractivity contribution in [2.45, 2.75) is 37.1 Å². The third kappa shape index (κ3) is 4.91. The highest BCUT2D eigenvalue weighted by molar-refractivity contribution is 7.90. The number of nitrogens with zero attached hydrogens (tertiary/aromatic N) is 3. The van der Waals surface area contributed by atoms with Gasteiger partial charge in [0.15, 0.2) is 0 Å². The van der Waals surface area contributed by atoms with Gasteiger partial charge in [-0.05, 0) is 43.0 Å². The molecule has 7 nitrogen and oxygen atoms in total. The first-order valence-electron chi connectivity index (χ1n) is 10.7. The molecule has 2 aromatic carbocycles. The van der Waals surface area contributed by atoms with E-state index < -0.39 is 10.0 Å². The van der Waals surface area contributed by atoms with Gasteiger partial charge in [-0.2, -0.15) is 0 Å². The van der Waals surface area contributed by atoms with E-state index in [0.29, 0.717) is 31.3 Å². The molecule has 0 fully saturated rings. The van der Waals surface area contributed by atoms with Crippen LogP contribution in [0.25, 0.3) is 10.9 Å². The summed E-state index contributed by atoms with van der Waals surface area (Å²) in [7, 11) is -3.69. The molecular weight excluding hydrogens is 424 g/mol. The zero-order valence-corrected chi connectivity index (χ0v) is 18.5. The number of aryl methyl sites for hydroxylation is 2. The molecule has 0 radical (unpaired) electrons. The number of carbonyl (C=O) groups is 1. The number of hydrogen-bond acceptors (Lipinski definition) is 4. The zero-order valence-electron chi connectivity index (χ0n) is 17.7. The predicted octanol–water partition coefficient (Wildman–Crippen LogP) is 3.60. The van der Waals surface area contributed by atoms with Gasteiger partial charge in [0.1, 0.15) is 0 Å². The van der Waals surface area contributed by atoms with Gasteiger partial charge in [-0.3, -0.25) is 4.79 Å². The molecule has 0 saturated carbocycles. The Morgan fingerprint density at radius 2 is 1.78 bits per heavy atom. The van der Waals surface area contributed by atoms with E-state index in [4.69, 9.17) is 0 Å². The second-order valence-corrected chi connectivity index (χ2v) is 9.46. The number of fused-ring (bicyclic) bond motifs is 1. The van der Waals surface area contributed by atoms with E-state index in [1.807, 2.05) is 35.0 Å². The number of aromatic nitrogens is 3. The van der Waals surface area contributed by atoms with Crippen molar-refractivity contribution in [1.29, 1.82) is 0 Å². The van der Waals surface area contributed by atoms with Gasteiger partial charge in [0.25, 0.3) is 10.0 Å². The van der Waals surface area contributed by atoms with Crippen molar-refractivity contribution in [2.24, 2.45) is 0 Å². The maximum absolute atomic E-state index is 13.2. The van der Waals surface area contributed by atoms with Crippen molar-refractivity contribution in [3.05, 3.63) is 85.1 Å². The summed E-state index contributed by atoms with van der Waals surface area (Å²) in [6.07, 6.45) is 9.60. The first kappa shape index (κ1) is 21.8. The number of nitrogens with one attached hydrogen (secondary N) is 1.